The minimum absolute atomic E-state index is 0.450. The number of halogens is 1. The highest BCUT2D eigenvalue weighted by atomic mass is 35.5. The van der Waals surface area contributed by atoms with Crippen molar-refractivity contribution in [3.05, 3.63) is 64.2 Å². The Morgan fingerprint density at radius 3 is 2.50 bits per heavy atom. The number of esters is 1. The van der Waals surface area contributed by atoms with Gasteiger partial charge < -0.3 is 9.47 Å². The summed E-state index contributed by atoms with van der Waals surface area (Å²) in [5.74, 6) is 0.751. The first-order valence-corrected chi connectivity index (χ1v) is 7.18. The molecule has 0 radical (unpaired) electrons. The molecule has 0 saturated carbocycles. The average Bonchev–Trinajstić information content (AvgIpc) is 2.48. The highest BCUT2D eigenvalue weighted by Crippen LogP contribution is 2.23. The van der Waals surface area contributed by atoms with Gasteiger partial charge in [-0.25, -0.2) is 4.79 Å². The number of carbonyl (C=O) groups is 1. The molecule has 0 spiro atoms. The third-order valence-electron chi connectivity index (χ3n) is 3.13. The zero-order valence-corrected chi connectivity index (χ0v) is 13.5. The largest absolute Gasteiger partial charge is 0.496 e. The number of rotatable bonds is 4. The second-order valence-electron chi connectivity index (χ2n) is 4.91. The Balaban J connectivity index is 2.13. The summed E-state index contributed by atoms with van der Waals surface area (Å²) in [5, 5.41) is 0.609. The van der Waals surface area contributed by atoms with Gasteiger partial charge in [-0.05, 0) is 55.8 Å². The standard InChI is InChI=1S/C18H17ClO3/c1-12-4-7-17(21-3)14(10-12)5-9-18(20)22-16-8-6-15(19)11-13(16)2/h4-11H,1-3H3/b9-5+. The molecule has 0 unspecified atom stereocenters. The summed E-state index contributed by atoms with van der Waals surface area (Å²) in [4.78, 5) is 11.9. The van der Waals surface area contributed by atoms with Crippen molar-refractivity contribution in [2.24, 2.45) is 0 Å². The normalized spacial score (nSPS) is 10.7. The molecule has 22 heavy (non-hydrogen) atoms. The zero-order valence-electron chi connectivity index (χ0n) is 12.7. The van der Waals surface area contributed by atoms with Crippen LogP contribution in [0.4, 0.5) is 0 Å². The summed E-state index contributed by atoms with van der Waals surface area (Å²) < 4.78 is 10.6. The summed E-state index contributed by atoms with van der Waals surface area (Å²) in [6.07, 6.45) is 3.06. The highest BCUT2D eigenvalue weighted by Gasteiger charge is 2.06. The Kier molecular flexibility index (Phi) is 5.23. The molecule has 0 aliphatic rings. The molecule has 0 bridgehead atoms. The minimum Gasteiger partial charge on any atom is -0.496 e. The second kappa shape index (κ2) is 7.14. The van der Waals surface area contributed by atoms with Crippen molar-refractivity contribution in [3.63, 3.8) is 0 Å². The van der Waals surface area contributed by atoms with E-state index in [1.54, 1.807) is 31.4 Å². The Morgan fingerprint density at radius 1 is 1.09 bits per heavy atom. The van der Waals surface area contributed by atoms with Crippen LogP contribution in [0.5, 0.6) is 11.5 Å². The molecule has 0 amide bonds. The first kappa shape index (κ1) is 16.1. The van der Waals surface area contributed by atoms with Crippen molar-refractivity contribution in [3.8, 4) is 11.5 Å². The number of ether oxygens (including phenoxy) is 2. The molecule has 0 aliphatic carbocycles. The summed E-state index contributed by atoms with van der Waals surface area (Å²) in [7, 11) is 1.59. The van der Waals surface area contributed by atoms with Crippen LogP contribution in [0.3, 0.4) is 0 Å². The van der Waals surface area contributed by atoms with E-state index in [1.807, 2.05) is 32.0 Å². The van der Waals surface area contributed by atoms with Crippen LogP contribution in [-0.4, -0.2) is 13.1 Å². The SMILES string of the molecule is COc1ccc(C)cc1/C=C/C(=O)Oc1ccc(Cl)cc1C. The molecule has 2 aromatic rings. The average molecular weight is 317 g/mol. The smallest absolute Gasteiger partial charge is 0.336 e. The number of hydrogen-bond donors (Lipinski definition) is 0. The van der Waals surface area contributed by atoms with E-state index in [0.717, 1.165) is 16.7 Å². The molecule has 4 heteroatoms. The van der Waals surface area contributed by atoms with Gasteiger partial charge in [-0.1, -0.05) is 23.2 Å². The quantitative estimate of drug-likeness (QED) is 0.470. The molecule has 0 N–H and O–H groups in total. The van der Waals surface area contributed by atoms with Gasteiger partial charge in [0, 0.05) is 16.7 Å². The van der Waals surface area contributed by atoms with Crippen molar-refractivity contribution in [2.75, 3.05) is 7.11 Å². The predicted molar refractivity (Wildman–Crippen MR) is 88.6 cm³/mol. The van der Waals surface area contributed by atoms with Gasteiger partial charge in [0.1, 0.15) is 11.5 Å². The van der Waals surface area contributed by atoms with Crippen LogP contribution in [0, 0.1) is 13.8 Å². The molecule has 0 heterocycles. The highest BCUT2D eigenvalue weighted by molar-refractivity contribution is 6.30. The second-order valence-corrected chi connectivity index (χ2v) is 5.35. The molecule has 2 aromatic carbocycles. The topological polar surface area (TPSA) is 35.5 Å². The van der Waals surface area contributed by atoms with E-state index in [9.17, 15) is 4.79 Å². The number of hydrogen-bond acceptors (Lipinski definition) is 3. The fraction of sp³-hybridized carbons (Fsp3) is 0.167. The van der Waals surface area contributed by atoms with Crippen LogP contribution in [0.2, 0.25) is 5.02 Å². The summed E-state index contributed by atoms with van der Waals surface area (Å²) in [6, 6.07) is 10.9. The predicted octanol–water partition coefficient (Wildman–Crippen LogP) is 4.58. The van der Waals surface area contributed by atoms with E-state index >= 15 is 0 Å². The van der Waals surface area contributed by atoms with Crippen LogP contribution in [0.15, 0.2) is 42.5 Å². The molecule has 0 fully saturated rings. The fourth-order valence-corrected chi connectivity index (χ4v) is 2.24. The van der Waals surface area contributed by atoms with Crippen molar-refractivity contribution in [1.29, 1.82) is 0 Å². The Morgan fingerprint density at radius 2 is 1.82 bits per heavy atom. The van der Waals surface area contributed by atoms with E-state index in [1.165, 1.54) is 6.08 Å². The fourth-order valence-electron chi connectivity index (χ4n) is 2.01. The van der Waals surface area contributed by atoms with Crippen LogP contribution in [-0.2, 0) is 4.79 Å². The third kappa shape index (κ3) is 4.12. The first-order valence-electron chi connectivity index (χ1n) is 6.80. The number of aryl methyl sites for hydroxylation is 2. The van der Waals surface area contributed by atoms with Gasteiger partial charge in [-0.3, -0.25) is 0 Å². The van der Waals surface area contributed by atoms with Crippen molar-refractivity contribution < 1.29 is 14.3 Å². The maximum atomic E-state index is 11.9. The lowest BCUT2D eigenvalue weighted by atomic mass is 10.1. The van der Waals surface area contributed by atoms with Gasteiger partial charge in [0.2, 0.25) is 0 Å². The Hall–Kier alpha value is -2.26. The van der Waals surface area contributed by atoms with E-state index < -0.39 is 5.97 Å². The van der Waals surface area contributed by atoms with Crippen molar-refractivity contribution in [2.45, 2.75) is 13.8 Å². The third-order valence-corrected chi connectivity index (χ3v) is 3.37. The van der Waals surface area contributed by atoms with E-state index in [4.69, 9.17) is 21.1 Å². The van der Waals surface area contributed by atoms with Crippen molar-refractivity contribution >= 4 is 23.6 Å². The number of carbonyl (C=O) groups excluding carboxylic acids is 1. The van der Waals surface area contributed by atoms with Gasteiger partial charge in [0.05, 0.1) is 7.11 Å². The molecule has 0 aliphatic heterocycles. The van der Waals surface area contributed by atoms with Gasteiger partial charge in [0.15, 0.2) is 0 Å². The monoisotopic (exact) mass is 316 g/mol. The maximum absolute atomic E-state index is 11.9. The van der Waals surface area contributed by atoms with Gasteiger partial charge in [-0.15, -0.1) is 0 Å². The van der Waals surface area contributed by atoms with Crippen LogP contribution in [0.25, 0.3) is 6.08 Å². The van der Waals surface area contributed by atoms with Gasteiger partial charge >= 0.3 is 5.97 Å². The van der Waals surface area contributed by atoms with E-state index in [2.05, 4.69) is 0 Å². The number of methoxy groups -OCH3 is 1. The molecule has 0 atom stereocenters. The molecule has 0 aromatic heterocycles. The van der Waals surface area contributed by atoms with E-state index in [0.29, 0.717) is 16.5 Å². The lowest BCUT2D eigenvalue weighted by Gasteiger charge is -2.07. The lowest BCUT2D eigenvalue weighted by molar-refractivity contribution is -0.128. The van der Waals surface area contributed by atoms with Crippen LogP contribution < -0.4 is 9.47 Å². The Labute approximate surface area is 135 Å². The molecular formula is C18H17ClO3. The number of benzene rings is 2. The summed E-state index contributed by atoms with van der Waals surface area (Å²) >= 11 is 5.87. The lowest BCUT2D eigenvalue weighted by Crippen LogP contribution is -2.04. The maximum Gasteiger partial charge on any atom is 0.336 e. The van der Waals surface area contributed by atoms with Gasteiger partial charge in [0.25, 0.3) is 0 Å². The Bertz CT molecular complexity index is 720. The first-order chi connectivity index (χ1) is 10.5. The van der Waals surface area contributed by atoms with Crippen LogP contribution in [0.1, 0.15) is 16.7 Å². The van der Waals surface area contributed by atoms with Crippen molar-refractivity contribution in [1.82, 2.24) is 0 Å². The summed E-state index contributed by atoms with van der Waals surface area (Å²) in [6.45, 7) is 3.81. The van der Waals surface area contributed by atoms with E-state index in [-0.39, 0.29) is 0 Å². The minimum atomic E-state index is -0.450. The van der Waals surface area contributed by atoms with Gasteiger partial charge in [-0.2, -0.15) is 0 Å². The molecular weight excluding hydrogens is 300 g/mol. The molecule has 0 saturated heterocycles. The molecule has 114 valence electrons. The van der Waals surface area contributed by atoms with Crippen LogP contribution >= 0.6 is 11.6 Å². The molecule has 3 nitrogen and oxygen atoms in total. The summed E-state index contributed by atoms with van der Waals surface area (Å²) in [5.41, 5.74) is 2.72. The zero-order chi connectivity index (χ0) is 16.1. The molecule has 2 rings (SSSR count).